The van der Waals surface area contributed by atoms with E-state index in [0.717, 1.165) is 13.0 Å². The fourth-order valence-corrected chi connectivity index (χ4v) is 2.24. The average molecular weight is 287 g/mol. The van der Waals surface area contributed by atoms with Crippen molar-refractivity contribution in [1.82, 2.24) is 5.32 Å². The maximum absolute atomic E-state index is 13.2. The third-order valence-electron chi connectivity index (χ3n) is 3.45. The fourth-order valence-electron chi connectivity index (χ4n) is 2.24. The van der Waals surface area contributed by atoms with Crippen molar-refractivity contribution in [1.29, 1.82) is 0 Å². The van der Waals surface area contributed by atoms with E-state index >= 15 is 0 Å². The number of rotatable bonds is 7. The zero-order valence-electron chi connectivity index (χ0n) is 12.6. The molecule has 0 spiro atoms. The Morgan fingerprint density at radius 1 is 1.10 bits per heavy atom. The number of benzene rings is 2. The molecule has 0 fully saturated rings. The molecule has 1 unspecified atom stereocenters. The molecule has 0 heterocycles. The van der Waals surface area contributed by atoms with E-state index in [2.05, 4.69) is 43.4 Å². The van der Waals surface area contributed by atoms with Gasteiger partial charge in [0.1, 0.15) is 18.2 Å². The van der Waals surface area contributed by atoms with Crippen molar-refractivity contribution in [2.45, 2.75) is 26.3 Å². The van der Waals surface area contributed by atoms with Crippen LogP contribution in [0.15, 0.2) is 48.5 Å². The molecule has 1 N–H and O–H groups in total. The van der Waals surface area contributed by atoms with Crippen molar-refractivity contribution in [3.8, 4) is 5.75 Å². The molecule has 0 aliphatic heterocycles. The maximum Gasteiger partial charge on any atom is 0.126 e. The van der Waals surface area contributed by atoms with Gasteiger partial charge in [-0.3, -0.25) is 0 Å². The minimum absolute atomic E-state index is 0.101. The summed E-state index contributed by atoms with van der Waals surface area (Å²) in [6, 6.07) is 14.9. The monoisotopic (exact) mass is 287 g/mol. The molecule has 0 aromatic heterocycles. The number of hydrogen-bond acceptors (Lipinski definition) is 2. The van der Waals surface area contributed by atoms with Gasteiger partial charge in [-0.2, -0.15) is 0 Å². The van der Waals surface area contributed by atoms with Gasteiger partial charge in [0.05, 0.1) is 6.04 Å². The van der Waals surface area contributed by atoms with Crippen molar-refractivity contribution < 1.29 is 9.13 Å². The Labute approximate surface area is 126 Å². The first-order valence-electron chi connectivity index (χ1n) is 7.43. The number of nitrogens with one attached hydrogen (secondary N) is 1. The third kappa shape index (κ3) is 4.57. The third-order valence-corrected chi connectivity index (χ3v) is 3.45. The van der Waals surface area contributed by atoms with Crippen LogP contribution in [0.2, 0.25) is 0 Å². The molecule has 0 saturated heterocycles. The number of hydrogen-bond donors (Lipinski definition) is 1. The Kier molecular flexibility index (Phi) is 5.76. The standard InChI is InChI=1S/C18H22FNO/c1-3-14-8-10-15(11-9-14)18(20-4-2)13-21-17-7-5-6-16(19)12-17/h5-12,18,20H,3-4,13H2,1-2H3. The summed E-state index contributed by atoms with van der Waals surface area (Å²) in [6.45, 7) is 5.54. The van der Waals surface area contributed by atoms with Crippen molar-refractivity contribution >= 4 is 0 Å². The highest BCUT2D eigenvalue weighted by Crippen LogP contribution is 2.18. The van der Waals surface area contributed by atoms with Crippen LogP contribution in [0.3, 0.4) is 0 Å². The second-order valence-corrected chi connectivity index (χ2v) is 4.97. The van der Waals surface area contributed by atoms with Crippen LogP contribution in [-0.4, -0.2) is 13.2 Å². The SMILES string of the molecule is CCNC(COc1cccc(F)c1)c1ccc(CC)cc1. The summed E-state index contributed by atoms with van der Waals surface area (Å²) in [7, 11) is 0. The van der Waals surface area contributed by atoms with Crippen LogP contribution in [0, 0.1) is 5.82 Å². The summed E-state index contributed by atoms with van der Waals surface area (Å²) in [5.74, 6) is 0.280. The van der Waals surface area contributed by atoms with Crippen LogP contribution in [0.4, 0.5) is 4.39 Å². The van der Waals surface area contributed by atoms with E-state index in [1.54, 1.807) is 12.1 Å². The molecule has 3 heteroatoms. The zero-order chi connectivity index (χ0) is 15.1. The molecule has 1 atom stereocenters. The molecule has 2 aromatic rings. The summed E-state index contributed by atoms with van der Waals surface area (Å²) in [4.78, 5) is 0. The molecule has 0 aliphatic rings. The molecular weight excluding hydrogens is 265 g/mol. The molecule has 0 aliphatic carbocycles. The Hall–Kier alpha value is -1.87. The Morgan fingerprint density at radius 3 is 2.48 bits per heavy atom. The molecule has 0 amide bonds. The van der Waals surface area contributed by atoms with Gasteiger partial charge in [-0.05, 0) is 36.2 Å². The van der Waals surface area contributed by atoms with Crippen molar-refractivity contribution in [2.24, 2.45) is 0 Å². The molecule has 2 aromatic carbocycles. The first-order chi connectivity index (χ1) is 10.2. The molecule has 21 heavy (non-hydrogen) atoms. The maximum atomic E-state index is 13.2. The lowest BCUT2D eigenvalue weighted by Crippen LogP contribution is -2.26. The van der Waals surface area contributed by atoms with Crippen LogP contribution >= 0.6 is 0 Å². The van der Waals surface area contributed by atoms with Gasteiger partial charge >= 0.3 is 0 Å². The quantitative estimate of drug-likeness (QED) is 0.827. The van der Waals surface area contributed by atoms with Crippen molar-refractivity contribution in [3.63, 3.8) is 0 Å². The average Bonchev–Trinajstić information content (AvgIpc) is 2.52. The van der Waals surface area contributed by atoms with E-state index in [4.69, 9.17) is 4.74 Å². The normalized spacial score (nSPS) is 12.1. The second-order valence-electron chi connectivity index (χ2n) is 4.97. The zero-order valence-corrected chi connectivity index (χ0v) is 12.6. The van der Waals surface area contributed by atoms with Gasteiger partial charge in [-0.1, -0.05) is 44.2 Å². The summed E-state index contributed by atoms with van der Waals surface area (Å²) < 4.78 is 18.9. The highest BCUT2D eigenvalue weighted by molar-refractivity contribution is 5.26. The van der Waals surface area contributed by atoms with E-state index in [9.17, 15) is 4.39 Å². The van der Waals surface area contributed by atoms with E-state index in [1.807, 2.05) is 0 Å². The highest BCUT2D eigenvalue weighted by atomic mass is 19.1. The van der Waals surface area contributed by atoms with Crippen LogP contribution in [-0.2, 0) is 6.42 Å². The van der Waals surface area contributed by atoms with Crippen LogP contribution in [0.25, 0.3) is 0 Å². The molecule has 0 saturated carbocycles. The Bertz CT molecular complexity index is 553. The molecule has 0 bridgehead atoms. The van der Waals surface area contributed by atoms with Gasteiger partial charge in [0.2, 0.25) is 0 Å². The fraction of sp³-hybridized carbons (Fsp3) is 0.333. The number of ether oxygens (including phenoxy) is 1. The lowest BCUT2D eigenvalue weighted by Gasteiger charge is -2.19. The Morgan fingerprint density at radius 2 is 1.86 bits per heavy atom. The lowest BCUT2D eigenvalue weighted by atomic mass is 10.0. The molecule has 0 radical (unpaired) electrons. The van der Waals surface area contributed by atoms with Crippen LogP contribution < -0.4 is 10.1 Å². The highest BCUT2D eigenvalue weighted by Gasteiger charge is 2.11. The van der Waals surface area contributed by atoms with Crippen molar-refractivity contribution in [2.75, 3.05) is 13.2 Å². The largest absolute Gasteiger partial charge is 0.492 e. The van der Waals surface area contributed by atoms with Crippen LogP contribution in [0.1, 0.15) is 31.0 Å². The predicted molar refractivity (Wildman–Crippen MR) is 84.1 cm³/mol. The van der Waals surface area contributed by atoms with Gasteiger partial charge < -0.3 is 10.1 Å². The van der Waals surface area contributed by atoms with Gasteiger partial charge in [0, 0.05) is 6.07 Å². The summed E-state index contributed by atoms with van der Waals surface area (Å²) in [5, 5.41) is 3.40. The number of aryl methyl sites for hydroxylation is 1. The minimum atomic E-state index is -0.278. The van der Waals surface area contributed by atoms with E-state index in [-0.39, 0.29) is 11.9 Å². The van der Waals surface area contributed by atoms with Gasteiger partial charge in [0.15, 0.2) is 0 Å². The molecule has 2 rings (SSSR count). The topological polar surface area (TPSA) is 21.3 Å². The smallest absolute Gasteiger partial charge is 0.126 e. The van der Waals surface area contributed by atoms with Gasteiger partial charge in [0.25, 0.3) is 0 Å². The van der Waals surface area contributed by atoms with Crippen LogP contribution in [0.5, 0.6) is 5.75 Å². The first kappa shape index (κ1) is 15.5. The van der Waals surface area contributed by atoms with E-state index < -0.39 is 0 Å². The number of halogens is 1. The first-order valence-corrected chi connectivity index (χ1v) is 7.43. The van der Waals surface area contributed by atoms with E-state index in [0.29, 0.717) is 12.4 Å². The second kappa shape index (κ2) is 7.79. The molecule has 2 nitrogen and oxygen atoms in total. The molecular formula is C18H22FNO. The summed E-state index contributed by atoms with van der Waals surface area (Å²) >= 11 is 0. The van der Waals surface area contributed by atoms with E-state index in [1.165, 1.54) is 23.3 Å². The lowest BCUT2D eigenvalue weighted by molar-refractivity contribution is 0.267. The number of likely N-dealkylation sites (N-methyl/N-ethyl adjacent to an activating group) is 1. The van der Waals surface area contributed by atoms with Gasteiger partial charge in [-0.15, -0.1) is 0 Å². The predicted octanol–water partition coefficient (Wildman–Crippen LogP) is 4.12. The molecule has 112 valence electrons. The summed E-state index contributed by atoms with van der Waals surface area (Å²) in [6.07, 6.45) is 1.03. The summed E-state index contributed by atoms with van der Waals surface area (Å²) in [5.41, 5.74) is 2.51. The van der Waals surface area contributed by atoms with Gasteiger partial charge in [-0.25, -0.2) is 4.39 Å². The van der Waals surface area contributed by atoms with Crippen molar-refractivity contribution in [3.05, 3.63) is 65.5 Å². The Balaban J connectivity index is 2.04. The minimum Gasteiger partial charge on any atom is -0.492 e.